The van der Waals surface area contributed by atoms with Crippen molar-refractivity contribution in [3.8, 4) is 11.5 Å². The van der Waals surface area contributed by atoms with E-state index in [4.69, 9.17) is 14.2 Å². The molecule has 1 aliphatic carbocycles. The molecule has 0 saturated carbocycles. The summed E-state index contributed by atoms with van der Waals surface area (Å²) in [6.07, 6.45) is 6.80. The summed E-state index contributed by atoms with van der Waals surface area (Å²) in [7, 11) is 0. The zero-order valence-corrected chi connectivity index (χ0v) is 10.6. The Kier molecular flexibility index (Phi) is 3.40. The number of esters is 1. The van der Waals surface area contributed by atoms with Crippen molar-refractivity contribution in [2.75, 3.05) is 6.79 Å². The molecule has 1 heterocycles. The van der Waals surface area contributed by atoms with E-state index in [1.165, 1.54) is 0 Å². The van der Waals surface area contributed by atoms with Crippen molar-refractivity contribution >= 4 is 5.97 Å². The fraction of sp³-hybridized carbons (Fsp3) is 0.400. The molecule has 2 aliphatic rings. The molecule has 0 saturated heterocycles. The molecule has 0 radical (unpaired) electrons. The van der Waals surface area contributed by atoms with Gasteiger partial charge in [0.1, 0.15) is 6.61 Å². The van der Waals surface area contributed by atoms with Crippen LogP contribution in [-0.4, -0.2) is 12.8 Å². The second kappa shape index (κ2) is 5.34. The maximum atomic E-state index is 11.9. The molecule has 0 bridgehead atoms. The maximum absolute atomic E-state index is 11.9. The summed E-state index contributed by atoms with van der Waals surface area (Å²) in [6.45, 7) is 0.544. The zero-order valence-electron chi connectivity index (χ0n) is 10.6. The minimum Gasteiger partial charge on any atom is -0.461 e. The van der Waals surface area contributed by atoms with Gasteiger partial charge in [0.25, 0.3) is 0 Å². The van der Waals surface area contributed by atoms with Gasteiger partial charge in [-0.3, -0.25) is 4.79 Å². The van der Waals surface area contributed by atoms with Crippen molar-refractivity contribution in [2.24, 2.45) is 5.92 Å². The molecule has 0 spiro atoms. The predicted octanol–water partition coefficient (Wildman–Crippen LogP) is 2.81. The number of benzene rings is 1. The SMILES string of the molecule is O=C(OCc1ccc2c(c1)OCO2)C1CC=CCC1. The summed E-state index contributed by atoms with van der Waals surface area (Å²) in [6, 6.07) is 5.59. The van der Waals surface area contributed by atoms with Gasteiger partial charge in [-0.2, -0.15) is 0 Å². The lowest BCUT2D eigenvalue weighted by Gasteiger charge is -2.16. The van der Waals surface area contributed by atoms with Gasteiger partial charge in [-0.15, -0.1) is 0 Å². The molecule has 0 fully saturated rings. The summed E-state index contributed by atoms with van der Waals surface area (Å²) >= 11 is 0. The Morgan fingerprint density at radius 2 is 2.16 bits per heavy atom. The van der Waals surface area contributed by atoms with Gasteiger partial charge in [0.15, 0.2) is 11.5 Å². The molecule has 19 heavy (non-hydrogen) atoms. The monoisotopic (exact) mass is 260 g/mol. The minimum atomic E-state index is -0.109. The number of rotatable bonds is 3. The Morgan fingerprint density at radius 3 is 3.00 bits per heavy atom. The van der Waals surface area contributed by atoms with Gasteiger partial charge in [-0.1, -0.05) is 18.2 Å². The van der Waals surface area contributed by atoms with Crippen LogP contribution in [0.3, 0.4) is 0 Å². The Bertz CT molecular complexity index is 507. The van der Waals surface area contributed by atoms with Crippen molar-refractivity contribution < 1.29 is 19.0 Å². The van der Waals surface area contributed by atoms with Crippen molar-refractivity contribution in [3.05, 3.63) is 35.9 Å². The first-order valence-electron chi connectivity index (χ1n) is 6.53. The average Bonchev–Trinajstić information content (AvgIpc) is 2.93. The van der Waals surface area contributed by atoms with Gasteiger partial charge in [0.05, 0.1) is 5.92 Å². The Hall–Kier alpha value is -1.97. The van der Waals surface area contributed by atoms with Gasteiger partial charge in [-0.05, 0) is 37.0 Å². The van der Waals surface area contributed by atoms with Crippen LogP contribution in [0, 0.1) is 5.92 Å². The smallest absolute Gasteiger partial charge is 0.309 e. The van der Waals surface area contributed by atoms with E-state index in [1.807, 2.05) is 18.2 Å². The number of carbonyl (C=O) groups is 1. The number of carbonyl (C=O) groups excluding carboxylic acids is 1. The number of hydrogen-bond donors (Lipinski definition) is 0. The molecule has 3 rings (SSSR count). The Morgan fingerprint density at radius 1 is 1.26 bits per heavy atom. The number of fused-ring (bicyclic) bond motifs is 1. The quantitative estimate of drug-likeness (QED) is 0.619. The third kappa shape index (κ3) is 2.72. The molecule has 4 nitrogen and oxygen atoms in total. The van der Waals surface area contributed by atoms with Crippen LogP contribution >= 0.6 is 0 Å². The second-order valence-corrected chi connectivity index (χ2v) is 4.78. The lowest BCUT2D eigenvalue weighted by atomic mass is 9.95. The Balaban J connectivity index is 1.57. The molecular formula is C15H16O4. The van der Waals surface area contributed by atoms with Gasteiger partial charge in [0.2, 0.25) is 6.79 Å². The molecule has 100 valence electrons. The maximum Gasteiger partial charge on any atom is 0.309 e. The number of ether oxygens (including phenoxy) is 3. The molecule has 1 atom stereocenters. The number of allylic oxidation sites excluding steroid dienone is 2. The van der Waals surface area contributed by atoms with E-state index < -0.39 is 0 Å². The van der Waals surface area contributed by atoms with Crippen LogP contribution in [0.1, 0.15) is 24.8 Å². The minimum absolute atomic E-state index is 0.0130. The summed E-state index contributed by atoms with van der Waals surface area (Å²) in [4.78, 5) is 11.9. The molecule has 1 aromatic rings. The van der Waals surface area contributed by atoms with E-state index in [2.05, 4.69) is 12.2 Å². The standard InChI is InChI=1S/C15H16O4/c16-15(12-4-2-1-3-5-12)17-9-11-6-7-13-14(8-11)19-10-18-13/h1-2,6-8,12H,3-5,9-10H2. The van der Waals surface area contributed by atoms with Crippen LogP contribution in [0.15, 0.2) is 30.4 Å². The molecule has 1 aliphatic heterocycles. The van der Waals surface area contributed by atoms with Gasteiger partial charge in [0, 0.05) is 0 Å². The van der Waals surface area contributed by atoms with E-state index in [-0.39, 0.29) is 25.3 Å². The highest BCUT2D eigenvalue weighted by molar-refractivity contribution is 5.72. The molecule has 0 N–H and O–H groups in total. The average molecular weight is 260 g/mol. The van der Waals surface area contributed by atoms with Crippen molar-refractivity contribution in [2.45, 2.75) is 25.9 Å². The second-order valence-electron chi connectivity index (χ2n) is 4.78. The topological polar surface area (TPSA) is 44.8 Å². The fourth-order valence-corrected chi connectivity index (χ4v) is 2.31. The van der Waals surface area contributed by atoms with Gasteiger partial charge in [-0.25, -0.2) is 0 Å². The van der Waals surface area contributed by atoms with Crippen LogP contribution in [0.4, 0.5) is 0 Å². The molecule has 0 aromatic heterocycles. The molecular weight excluding hydrogens is 244 g/mol. The van der Waals surface area contributed by atoms with Crippen LogP contribution < -0.4 is 9.47 Å². The first-order chi connectivity index (χ1) is 9.33. The van der Waals surface area contributed by atoms with Crippen LogP contribution in [0.25, 0.3) is 0 Å². The third-order valence-electron chi connectivity index (χ3n) is 3.42. The van der Waals surface area contributed by atoms with Crippen LogP contribution in [0.2, 0.25) is 0 Å². The lowest BCUT2D eigenvalue weighted by Crippen LogP contribution is -2.18. The van der Waals surface area contributed by atoms with Crippen molar-refractivity contribution in [3.63, 3.8) is 0 Å². The highest BCUT2D eigenvalue weighted by Crippen LogP contribution is 2.32. The highest BCUT2D eigenvalue weighted by Gasteiger charge is 2.20. The van der Waals surface area contributed by atoms with Crippen LogP contribution in [-0.2, 0) is 16.1 Å². The Labute approximate surface area is 112 Å². The molecule has 0 amide bonds. The molecule has 4 heteroatoms. The van der Waals surface area contributed by atoms with E-state index in [1.54, 1.807) is 0 Å². The summed E-state index contributed by atoms with van der Waals surface area (Å²) < 4.78 is 15.9. The van der Waals surface area contributed by atoms with Crippen LogP contribution in [0.5, 0.6) is 11.5 Å². The summed E-state index contributed by atoms with van der Waals surface area (Å²) in [5, 5.41) is 0. The largest absolute Gasteiger partial charge is 0.461 e. The zero-order chi connectivity index (χ0) is 13.1. The molecule has 1 aromatic carbocycles. The molecule has 1 unspecified atom stereocenters. The van der Waals surface area contributed by atoms with Crippen molar-refractivity contribution in [1.29, 1.82) is 0 Å². The van der Waals surface area contributed by atoms with E-state index in [0.29, 0.717) is 5.75 Å². The van der Waals surface area contributed by atoms with Gasteiger partial charge < -0.3 is 14.2 Å². The summed E-state index contributed by atoms with van der Waals surface area (Å²) in [5.41, 5.74) is 0.920. The predicted molar refractivity (Wildman–Crippen MR) is 68.8 cm³/mol. The van der Waals surface area contributed by atoms with E-state index >= 15 is 0 Å². The third-order valence-corrected chi connectivity index (χ3v) is 3.42. The number of hydrogen-bond acceptors (Lipinski definition) is 4. The fourth-order valence-electron chi connectivity index (χ4n) is 2.31. The first kappa shape index (κ1) is 12.1. The highest BCUT2D eigenvalue weighted by atomic mass is 16.7. The summed E-state index contributed by atoms with van der Waals surface area (Å²) in [5.74, 6) is 1.36. The normalized spacial score (nSPS) is 20.3. The lowest BCUT2D eigenvalue weighted by molar-refractivity contribution is -0.150. The van der Waals surface area contributed by atoms with Crippen molar-refractivity contribution in [1.82, 2.24) is 0 Å². The van der Waals surface area contributed by atoms with E-state index in [0.717, 1.165) is 30.6 Å². The van der Waals surface area contributed by atoms with Gasteiger partial charge >= 0.3 is 5.97 Å². The first-order valence-corrected chi connectivity index (χ1v) is 6.53. The van der Waals surface area contributed by atoms with E-state index in [9.17, 15) is 4.79 Å².